The molecule has 0 rings (SSSR count). The van der Waals surface area contributed by atoms with Gasteiger partial charge in [0.05, 0.1) is 0 Å². The zero-order valence-corrected chi connectivity index (χ0v) is 10.9. The fraction of sp³-hybridized carbons (Fsp3) is 0.867. The van der Waals surface area contributed by atoms with Crippen LogP contribution in [0, 0.1) is 6.08 Å². The molecular formula is C15H29. The van der Waals surface area contributed by atoms with E-state index in [2.05, 4.69) is 26.0 Å². The fourth-order valence-corrected chi connectivity index (χ4v) is 1.73. The first-order chi connectivity index (χ1) is 7.41. The van der Waals surface area contributed by atoms with Crippen molar-refractivity contribution in [3.63, 3.8) is 0 Å². The molecule has 15 heavy (non-hydrogen) atoms. The second-order valence-corrected chi connectivity index (χ2v) is 4.42. The highest BCUT2D eigenvalue weighted by molar-refractivity contribution is 4.72. The summed E-state index contributed by atoms with van der Waals surface area (Å²) in [6, 6.07) is 0. The maximum absolute atomic E-state index is 3.33. The molecular weight excluding hydrogens is 180 g/mol. The standard InChI is InChI=1S/C15H29/c1-3-5-7-9-11-13-15-14-12-10-8-6-4-2/h10H,3-7,9,11-15H2,1-2H3. The monoisotopic (exact) mass is 209 g/mol. The van der Waals surface area contributed by atoms with Crippen molar-refractivity contribution in [1.29, 1.82) is 0 Å². The van der Waals surface area contributed by atoms with E-state index in [0.717, 1.165) is 6.42 Å². The van der Waals surface area contributed by atoms with E-state index in [9.17, 15) is 0 Å². The van der Waals surface area contributed by atoms with Crippen LogP contribution in [0.3, 0.4) is 0 Å². The Morgan fingerprint density at radius 1 is 0.733 bits per heavy atom. The molecule has 0 bridgehead atoms. The van der Waals surface area contributed by atoms with Gasteiger partial charge in [-0.1, -0.05) is 71.3 Å². The van der Waals surface area contributed by atoms with E-state index in [0.29, 0.717) is 0 Å². The van der Waals surface area contributed by atoms with Gasteiger partial charge in [-0.25, -0.2) is 0 Å². The van der Waals surface area contributed by atoms with Crippen LogP contribution in [0.1, 0.15) is 84.5 Å². The first-order valence-electron chi connectivity index (χ1n) is 6.96. The Hall–Kier alpha value is -0.260. The summed E-state index contributed by atoms with van der Waals surface area (Å²) < 4.78 is 0. The summed E-state index contributed by atoms with van der Waals surface area (Å²) in [4.78, 5) is 0. The molecule has 0 aliphatic heterocycles. The Bertz CT molecular complexity index is 124. The summed E-state index contributed by atoms with van der Waals surface area (Å²) in [5, 5.41) is 0. The summed E-state index contributed by atoms with van der Waals surface area (Å²) >= 11 is 0. The average Bonchev–Trinajstić information content (AvgIpc) is 2.26. The third-order valence-corrected chi connectivity index (χ3v) is 2.74. The van der Waals surface area contributed by atoms with E-state index in [1.54, 1.807) is 0 Å². The number of unbranched alkanes of at least 4 members (excludes halogenated alkanes) is 9. The predicted molar refractivity (Wildman–Crippen MR) is 69.9 cm³/mol. The van der Waals surface area contributed by atoms with Gasteiger partial charge in [-0.05, 0) is 25.3 Å². The molecule has 0 heteroatoms. The quantitative estimate of drug-likeness (QED) is 0.384. The molecule has 0 aliphatic carbocycles. The molecule has 89 valence electrons. The second-order valence-electron chi connectivity index (χ2n) is 4.42. The number of hydrogen-bond acceptors (Lipinski definition) is 0. The lowest BCUT2D eigenvalue weighted by molar-refractivity contribution is 0.577. The molecule has 0 aliphatic rings. The van der Waals surface area contributed by atoms with Gasteiger partial charge in [0.1, 0.15) is 0 Å². The van der Waals surface area contributed by atoms with Crippen molar-refractivity contribution in [2.24, 2.45) is 0 Å². The molecule has 0 fully saturated rings. The van der Waals surface area contributed by atoms with Gasteiger partial charge in [0.2, 0.25) is 0 Å². The van der Waals surface area contributed by atoms with Gasteiger partial charge in [-0.3, -0.25) is 0 Å². The minimum Gasteiger partial charge on any atom is -0.0811 e. The largest absolute Gasteiger partial charge is 0.0811 e. The van der Waals surface area contributed by atoms with E-state index >= 15 is 0 Å². The first-order valence-corrected chi connectivity index (χ1v) is 6.96. The van der Waals surface area contributed by atoms with Crippen molar-refractivity contribution in [3.8, 4) is 0 Å². The van der Waals surface area contributed by atoms with E-state index in [4.69, 9.17) is 0 Å². The highest BCUT2D eigenvalue weighted by atomic mass is 14.0. The van der Waals surface area contributed by atoms with Crippen LogP contribution in [0.4, 0.5) is 0 Å². The third-order valence-electron chi connectivity index (χ3n) is 2.74. The minimum absolute atomic E-state index is 1.14. The molecule has 0 aromatic carbocycles. The van der Waals surface area contributed by atoms with Crippen molar-refractivity contribution in [3.05, 3.63) is 12.2 Å². The van der Waals surface area contributed by atoms with Crippen molar-refractivity contribution < 1.29 is 0 Å². The van der Waals surface area contributed by atoms with E-state index in [1.165, 1.54) is 64.2 Å². The van der Waals surface area contributed by atoms with Crippen LogP contribution in [-0.4, -0.2) is 0 Å². The van der Waals surface area contributed by atoms with Crippen LogP contribution in [0.25, 0.3) is 0 Å². The summed E-state index contributed by atoms with van der Waals surface area (Å²) in [6.45, 7) is 4.48. The molecule has 0 amide bonds. The van der Waals surface area contributed by atoms with Gasteiger partial charge < -0.3 is 0 Å². The van der Waals surface area contributed by atoms with Crippen molar-refractivity contribution >= 4 is 0 Å². The Kier molecular flexibility index (Phi) is 13.5. The SMILES string of the molecule is CCC/[C]=C\CCCCCCCCCC. The van der Waals surface area contributed by atoms with E-state index in [-0.39, 0.29) is 0 Å². The Labute approximate surface area is 97.2 Å². The van der Waals surface area contributed by atoms with E-state index < -0.39 is 0 Å². The normalized spacial score (nSPS) is 11.3. The molecule has 0 atom stereocenters. The summed E-state index contributed by atoms with van der Waals surface area (Å²) in [5.74, 6) is 0. The van der Waals surface area contributed by atoms with Gasteiger partial charge in [-0.2, -0.15) is 0 Å². The second kappa shape index (κ2) is 13.7. The summed E-state index contributed by atoms with van der Waals surface area (Å²) in [7, 11) is 0. The Balaban J connectivity index is 2.92. The maximum Gasteiger partial charge on any atom is -0.0282 e. The lowest BCUT2D eigenvalue weighted by atomic mass is 10.1. The van der Waals surface area contributed by atoms with Gasteiger partial charge in [0, 0.05) is 0 Å². The van der Waals surface area contributed by atoms with Gasteiger partial charge in [0.15, 0.2) is 0 Å². The lowest BCUT2D eigenvalue weighted by Gasteiger charge is -1.99. The van der Waals surface area contributed by atoms with Crippen molar-refractivity contribution in [2.45, 2.75) is 84.5 Å². The minimum atomic E-state index is 1.14. The molecule has 0 saturated heterocycles. The van der Waals surface area contributed by atoms with Crippen molar-refractivity contribution in [1.82, 2.24) is 0 Å². The number of hydrogen-bond donors (Lipinski definition) is 0. The van der Waals surface area contributed by atoms with Crippen LogP contribution in [0.15, 0.2) is 6.08 Å². The van der Waals surface area contributed by atoms with Gasteiger partial charge in [-0.15, -0.1) is 0 Å². The third kappa shape index (κ3) is 13.7. The Morgan fingerprint density at radius 3 is 1.93 bits per heavy atom. The molecule has 0 unspecified atom stereocenters. The summed E-state index contributed by atoms with van der Waals surface area (Å²) in [5.41, 5.74) is 0. The van der Waals surface area contributed by atoms with Crippen LogP contribution >= 0.6 is 0 Å². The molecule has 0 saturated carbocycles. The zero-order valence-electron chi connectivity index (χ0n) is 10.9. The van der Waals surface area contributed by atoms with Gasteiger partial charge >= 0.3 is 0 Å². The smallest absolute Gasteiger partial charge is 0.0282 e. The number of allylic oxidation sites excluding steroid dienone is 2. The molecule has 0 heterocycles. The van der Waals surface area contributed by atoms with Crippen LogP contribution in [0.2, 0.25) is 0 Å². The number of rotatable bonds is 11. The van der Waals surface area contributed by atoms with Gasteiger partial charge in [0.25, 0.3) is 0 Å². The lowest BCUT2D eigenvalue weighted by Crippen LogP contribution is -1.80. The molecule has 0 N–H and O–H groups in total. The zero-order chi connectivity index (χ0) is 11.2. The van der Waals surface area contributed by atoms with Crippen molar-refractivity contribution in [2.75, 3.05) is 0 Å². The summed E-state index contributed by atoms with van der Waals surface area (Å²) in [6.07, 6.45) is 20.5. The molecule has 0 aromatic heterocycles. The molecule has 0 spiro atoms. The molecule has 0 aromatic rings. The molecule has 1 radical (unpaired) electrons. The van der Waals surface area contributed by atoms with Crippen LogP contribution in [-0.2, 0) is 0 Å². The first kappa shape index (κ1) is 14.7. The highest BCUT2D eigenvalue weighted by Crippen LogP contribution is 2.09. The highest BCUT2D eigenvalue weighted by Gasteiger charge is 1.90. The fourth-order valence-electron chi connectivity index (χ4n) is 1.73. The topological polar surface area (TPSA) is 0 Å². The average molecular weight is 209 g/mol. The maximum atomic E-state index is 3.33. The van der Waals surface area contributed by atoms with Crippen LogP contribution < -0.4 is 0 Å². The Morgan fingerprint density at radius 2 is 1.33 bits per heavy atom. The predicted octanol–water partition coefficient (Wildman–Crippen LogP) is 5.68. The van der Waals surface area contributed by atoms with Crippen LogP contribution in [0.5, 0.6) is 0 Å². The molecule has 0 nitrogen and oxygen atoms in total. The van der Waals surface area contributed by atoms with E-state index in [1.807, 2.05) is 0 Å².